The Balaban J connectivity index is 1.52. The van der Waals surface area contributed by atoms with Crippen LogP contribution in [0.15, 0.2) is 133 Å². The molecule has 0 saturated carbocycles. The van der Waals surface area contributed by atoms with Crippen LogP contribution in [0.3, 0.4) is 0 Å². The molecule has 1 unspecified atom stereocenters. The topological polar surface area (TPSA) is 47.1 Å². The van der Waals surface area contributed by atoms with Crippen LogP contribution in [0.4, 0.5) is 0 Å². The fourth-order valence-corrected chi connectivity index (χ4v) is 8.83. The SMILES string of the molecule is CC(C)c1ccc(-n2c(-c3ccccc3O)[n+]3[pH]c4ccccc4c4nc5c(cccc5n4-c4ccc(C(C)C)cc4)c4cccc2c43)cc1. The van der Waals surface area contributed by atoms with Crippen LogP contribution in [-0.2, 0) is 0 Å². The van der Waals surface area contributed by atoms with E-state index in [0.29, 0.717) is 11.8 Å². The maximum Gasteiger partial charge on any atom is 0.305 e. The summed E-state index contributed by atoms with van der Waals surface area (Å²) in [5, 5.41) is 15.9. The molecule has 0 spiro atoms. The number of rotatable bonds is 5. The van der Waals surface area contributed by atoms with Gasteiger partial charge in [0.05, 0.1) is 11.0 Å². The standard InChI is InChI=1S/C44H37N4OP/c1-27(2)29-19-23-31(24-20-29)46-37-15-9-13-33-34-14-10-16-38-42(34)48(50-40-18-8-6-12-36(40)43(46)45-41(33)37)44(35-11-5-7-17-39(35)49)47(38)32-25-21-30(22-26-32)28(3)4/h5-28,50H,1-4H3/p+1. The molecule has 1 atom stereocenters. The van der Waals surface area contributed by atoms with Crippen molar-refractivity contribution < 1.29 is 9.27 Å². The Labute approximate surface area is 292 Å². The first kappa shape index (κ1) is 30.4. The summed E-state index contributed by atoms with van der Waals surface area (Å²) in [6.45, 7) is 8.91. The molecule has 3 heterocycles. The summed E-state index contributed by atoms with van der Waals surface area (Å²) in [7, 11) is 0.214. The van der Waals surface area contributed by atoms with E-state index < -0.39 is 0 Å². The maximum absolute atomic E-state index is 11.5. The van der Waals surface area contributed by atoms with Crippen molar-refractivity contribution in [2.75, 3.05) is 0 Å². The lowest BCUT2D eigenvalue weighted by Crippen LogP contribution is -2.18. The van der Waals surface area contributed by atoms with E-state index in [0.717, 1.165) is 66.6 Å². The summed E-state index contributed by atoms with van der Waals surface area (Å²) in [6, 6.07) is 47.3. The molecule has 6 aromatic carbocycles. The van der Waals surface area contributed by atoms with E-state index in [1.165, 1.54) is 16.2 Å². The van der Waals surface area contributed by atoms with E-state index in [4.69, 9.17) is 4.98 Å². The number of fused-ring (bicyclic) bond motifs is 4. The first-order valence-corrected chi connectivity index (χ1v) is 18.3. The molecule has 5 nitrogen and oxygen atoms in total. The molecule has 2 bridgehead atoms. The van der Waals surface area contributed by atoms with Gasteiger partial charge in [-0.25, -0.2) is 4.98 Å². The van der Waals surface area contributed by atoms with E-state index in [-0.39, 0.29) is 14.1 Å². The smallest absolute Gasteiger partial charge is 0.305 e. The number of aromatic nitrogens is 4. The third kappa shape index (κ3) is 4.69. The van der Waals surface area contributed by atoms with Crippen LogP contribution in [0.25, 0.3) is 71.8 Å². The highest BCUT2D eigenvalue weighted by atomic mass is 31.0. The molecule has 50 heavy (non-hydrogen) atoms. The van der Waals surface area contributed by atoms with Crippen molar-refractivity contribution in [3.8, 4) is 28.5 Å². The normalized spacial score (nSPS) is 12.2. The Bertz CT molecular complexity index is 2770. The van der Waals surface area contributed by atoms with E-state index in [2.05, 4.69) is 150 Å². The fraction of sp³-hybridized carbons (Fsp3) is 0.136. The van der Waals surface area contributed by atoms with Crippen LogP contribution in [0.1, 0.15) is 50.7 Å². The average molecular weight is 670 g/mol. The molecule has 0 aliphatic heterocycles. The van der Waals surface area contributed by atoms with Gasteiger partial charge in [-0.1, -0.05) is 100 Å². The highest BCUT2D eigenvalue weighted by molar-refractivity contribution is 7.29. The lowest BCUT2D eigenvalue weighted by atomic mass is 10.0. The van der Waals surface area contributed by atoms with Crippen molar-refractivity contribution in [2.45, 2.75) is 39.5 Å². The van der Waals surface area contributed by atoms with Gasteiger partial charge in [0.2, 0.25) is 0 Å². The lowest BCUT2D eigenvalue weighted by Gasteiger charge is -2.10. The first-order valence-electron chi connectivity index (χ1n) is 17.4. The van der Waals surface area contributed by atoms with Crippen LogP contribution in [0.2, 0.25) is 0 Å². The summed E-state index contributed by atoms with van der Waals surface area (Å²) < 4.78 is 7.08. The largest absolute Gasteiger partial charge is 0.507 e. The molecule has 9 aromatic rings. The van der Waals surface area contributed by atoms with E-state index in [1.54, 1.807) is 6.07 Å². The van der Waals surface area contributed by atoms with Crippen molar-refractivity contribution in [3.63, 3.8) is 0 Å². The zero-order valence-electron chi connectivity index (χ0n) is 28.6. The average Bonchev–Trinajstić information content (AvgIpc) is 3.68. The third-order valence-electron chi connectivity index (χ3n) is 10.1. The second-order valence-corrected chi connectivity index (χ2v) is 15.0. The number of hydrogen-bond acceptors (Lipinski definition) is 2. The van der Waals surface area contributed by atoms with Gasteiger partial charge >= 0.3 is 5.82 Å². The monoisotopic (exact) mass is 669 g/mol. The minimum atomic E-state index is 0.214. The van der Waals surface area contributed by atoms with Gasteiger partial charge in [-0.15, -0.1) is 0 Å². The molecule has 6 heteroatoms. The summed E-state index contributed by atoms with van der Waals surface area (Å²) in [5.74, 6) is 2.07. The minimum absolute atomic E-state index is 0.214. The third-order valence-corrected chi connectivity index (χ3v) is 11.4. The van der Waals surface area contributed by atoms with Crippen molar-refractivity contribution in [2.24, 2.45) is 0 Å². The van der Waals surface area contributed by atoms with Gasteiger partial charge < -0.3 is 5.11 Å². The van der Waals surface area contributed by atoms with Gasteiger partial charge in [-0.2, -0.15) is 8.73 Å². The van der Waals surface area contributed by atoms with Crippen molar-refractivity contribution in [3.05, 3.63) is 145 Å². The van der Waals surface area contributed by atoms with Crippen LogP contribution in [0, 0.1) is 0 Å². The number of hydrogen-bond donors (Lipinski definition) is 1. The van der Waals surface area contributed by atoms with Gasteiger partial charge in [-0.3, -0.25) is 4.57 Å². The molecule has 0 saturated heterocycles. The fourth-order valence-electron chi connectivity index (χ4n) is 7.43. The molecule has 0 radical (unpaired) electrons. The molecule has 9 rings (SSSR count). The van der Waals surface area contributed by atoms with E-state index >= 15 is 0 Å². The number of benzene rings is 6. The Morgan fingerprint density at radius 3 is 1.84 bits per heavy atom. The molecule has 1 N–H and O–H groups in total. The summed E-state index contributed by atoms with van der Waals surface area (Å²) >= 11 is 0. The van der Waals surface area contributed by atoms with Crippen LogP contribution < -0.4 is 4.16 Å². The van der Waals surface area contributed by atoms with E-state index in [9.17, 15) is 5.11 Å². The number of imidazole rings is 2. The van der Waals surface area contributed by atoms with Crippen molar-refractivity contribution in [1.82, 2.24) is 14.1 Å². The van der Waals surface area contributed by atoms with Gasteiger partial charge in [0.15, 0.2) is 11.0 Å². The molecule has 0 amide bonds. The highest BCUT2D eigenvalue weighted by Gasteiger charge is 2.29. The highest BCUT2D eigenvalue weighted by Crippen LogP contribution is 2.39. The number of aromatic hydroxyl groups is 1. The Morgan fingerprint density at radius 1 is 0.580 bits per heavy atom. The maximum atomic E-state index is 11.5. The van der Waals surface area contributed by atoms with Crippen LogP contribution in [-0.4, -0.2) is 19.2 Å². The van der Waals surface area contributed by atoms with Crippen molar-refractivity contribution in [1.29, 1.82) is 0 Å². The number of phenolic OH excluding ortho intramolecular Hbond substituents is 1. The predicted molar refractivity (Wildman–Crippen MR) is 210 cm³/mol. The predicted octanol–water partition coefficient (Wildman–Crippen LogP) is 11.2. The van der Waals surface area contributed by atoms with Gasteiger partial charge in [0, 0.05) is 35.3 Å². The van der Waals surface area contributed by atoms with Gasteiger partial charge in [-0.05, 0) is 83.6 Å². The quantitative estimate of drug-likeness (QED) is 0.198. The molecular weight excluding hydrogens is 631 g/mol. The summed E-state index contributed by atoms with van der Waals surface area (Å²) in [6.07, 6.45) is 0. The molecular formula is C44H38N4OP+. The molecule has 244 valence electrons. The van der Waals surface area contributed by atoms with Gasteiger partial charge in [0.1, 0.15) is 22.6 Å². The number of nitrogens with zero attached hydrogens (tertiary/aromatic N) is 4. The number of para-hydroxylation sites is 3. The summed E-state index contributed by atoms with van der Waals surface area (Å²) in [4.78, 5) is 5.49. The molecule has 0 aliphatic rings. The second kappa shape index (κ2) is 11.8. The minimum Gasteiger partial charge on any atom is -0.507 e. The van der Waals surface area contributed by atoms with E-state index in [1.807, 2.05) is 18.2 Å². The van der Waals surface area contributed by atoms with Gasteiger partial charge in [0.25, 0.3) is 0 Å². The molecule has 0 fully saturated rings. The Morgan fingerprint density at radius 2 is 1.16 bits per heavy atom. The molecule has 0 aliphatic carbocycles. The van der Waals surface area contributed by atoms with Crippen LogP contribution >= 0.6 is 8.35 Å². The van der Waals surface area contributed by atoms with Crippen LogP contribution in [0.5, 0.6) is 5.75 Å². The summed E-state index contributed by atoms with van der Waals surface area (Å²) in [5.41, 5.74) is 10.7. The second-order valence-electron chi connectivity index (χ2n) is 13.8. The lowest BCUT2D eigenvalue weighted by molar-refractivity contribution is -0.415. The Hall–Kier alpha value is -5.64. The zero-order valence-corrected chi connectivity index (χ0v) is 29.6. The zero-order chi connectivity index (χ0) is 34.1. The number of phenols is 1. The Kier molecular flexibility index (Phi) is 7.15. The molecule has 3 aromatic heterocycles. The van der Waals surface area contributed by atoms with Crippen molar-refractivity contribution >= 4 is 57.3 Å². The first-order chi connectivity index (χ1) is 24.4.